The third-order valence-electron chi connectivity index (χ3n) is 4.91. The minimum atomic E-state index is 0.713. The van der Waals surface area contributed by atoms with Gasteiger partial charge < -0.3 is 15.5 Å². The fraction of sp³-hybridized carbons (Fsp3) is 1.00. The minimum absolute atomic E-state index is 0.713. The van der Waals surface area contributed by atoms with Crippen molar-refractivity contribution >= 4 is 0 Å². The second kappa shape index (κ2) is 7.46. The second-order valence-corrected chi connectivity index (χ2v) is 6.08. The van der Waals surface area contributed by atoms with Crippen LogP contribution in [0.3, 0.4) is 0 Å². The Balaban J connectivity index is 1.73. The van der Waals surface area contributed by atoms with Crippen molar-refractivity contribution in [1.29, 1.82) is 0 Å². The number of nitrogens with one attached hydrogen (secondary N) is 2. The topological polar surface area (TPSA) is 27.3 Å². The Morgan fingerprint density at radius 1 is 1.28 bits per heavy atom. The Bertz CT molecular complexity index is 226. The van der Waals surface area contributed by atoms with Gasteiger partial charge in [0.05, 0.1) is 0 Å². The predicted molar refractivity (Wildman–Crippen MR) is 77.9 cm³/mol. The molecule has 3 heteroatoms. The van der Waals surface area contributed by atoms with Crippen molar-refractivity contribution in [2.45, 2.75) is 45.6 Å². The third-order valence-corrected chi connectivity index (χ3v) is 4.91. The van der Waals surface area contributed by atoms with Crippen molar-refractivity contribution in [3.8, 4) is 0 Å². The highest BCUT2D eigenvalue weighted by molar-refractivity contribution is 4.85. The maximum atomic E-state index is 3.63. The summed E-state index contributed by atoms with van der Waals surface area (Å²) >= 11 is 0. The van der Waals surface area contributed by atoms with Gasteiger partial charge in [0, 0.05) is 32.2 Å². The molecule has 0 aromatic carbocycles. The van der Waals surface area contributed by atoms with Gasteiger partial charge in [-0.2, -0.15) is 0 Å². The molecule has 2 fully saturated rings. The van der Waals surface area contributed by atoms with E-state index in [0.717, 1.165) is 18.4 Å². The van der Waals surface area contributed by atoms with E-state index >= 15 is 0 Å². The van der Waals surface area contributed by atoms with Gasteiger partial charge in [-0.15, -0.1) is 0 Å². The molecule has 0 amide bonds. The van der Waals surface area contributed by atoms with Crippen LogP contribution in [-0.4, -0.2) is 50.2 Å². The summed E-state index contributed by atoms with van der Waals surface area (Å²) in [7, 11) is 0. The molecule has 3 unspecified atom stereocenters. The second-order valence-electron chi connectivity index (χ2n) is 6.08. The van der Waals surface area contributed by atoms with Gasteiger partial charge >= 0.3 is 0 Å². The fourth-order valence-corrected chi connectivity index (χ4v) is 3.84. The van der Waals surface area contributed by atoms with Crippen LogP contribution < -0.4 is 10.6 Å². The molecule has 3 atom stereocenters. The summed E-state index contributed by atoms with van der Waals surface area (Å²) in [5, 5.41) is 7.07. The average Bonchev–Trinajstić information content (AvgIpc) is 2.86. The summed E-state index contributed by atoms with van der Waals surface area (Å²) in [6.45, 7) is 11.9. The van der Waals surface area contributed by atoms with Crippen LogP contribution in [-0.2, 0) is 0 Å². The molecule has 1 heterocycles. The van der Waals surface area contributed by atoms with Crippen LogP contribution in [0.15, 0.2) is 0 Å². The first-order valence-electron chi connectivity index (χ1n) is 7.97. The minimum Gasteiger partial charge on any atom is -0.314 e. The van der Waals surface area contributed by atoms with Crippen LogP contribution in [0.4, 0.5) is 0 Å². The van der Waals surface area contributed by atoms with Crippen molar-refractivity contribution in [3.05, 3.63) is 0 Å². The van der Waals surface area contributed by atoms with E-state index in [1.54, 1.807) is 0 Å². The molecule has 3 nitrogen and oxygen atoms in total. The number of hydrogen-bond donors (Lipinski definition) is 2. The van der Waals surface area contributed by atoms with Crippen molar-refractivity contribution < 1.29 is 0 Å². The lowest BCUT2D eigenvalue weighted by molar-refractivity contribution is 0.202. The van der Waals surface area contributed by atoms with Crippen molar-refractivity contribution in [1.82, 2.24) is 15.5 Å². The molecule has 2 N–H and O–H groups in total. The van der Waals surface area contributed by atoms with E-state index in [9.17, 15) is 0 Å². The first kappa shape index (κ1) is 14.3. The van der Waals surface area contributed by atoms with Crippen molar-refractivity contribution in [2.24, 2.45) is 11.8 Å². The molecule has 18 heavy (non-hydrogen) atoms. The van der Waals surface area contributed by atoms with Gasteiger partial charge in [0.2, 0.25) is 0 Å². The summed E-state index contributed by atoms with van der Waals surface area (Å²) in [4.78, 5) is 2.64. The smallest absolute Gasteiger partial charge is 0.0107 e. The molecule has 2 aliphatic rings. The summed E-state index contributed by atoms with van der Waals surface area (Å²) in [5.41, 5.74) is 0. The zero-order chi connectivity index (χ0) is 12.8. The molecule has 1 saturated carbocycles. The highest BCUT2D eigenvalue weighted by Crippen LogP contribution is 2.36. The Labute approximate surface area is 113 Å². The zero-order valence-corrected chi connectivity index (χ0v) is 12.3. The maximum absolute atomic E-state index is 3.63. The quantitative estimate of drug-likeness (QED) is 0.754. The molecule has 2 rings (SSSR count). The van der Waals surface area contributed by atoms with Crippen molar-refractivity contribution in [2.75, 3.05) is 39.3 Å². The molecule has 0 radical (unpaired) electrons. The van der Waals surface area contributed by atoms with E-state index in [2.05, 4.69) is 29.4 Å². The normalized spacial score (nSPS) is 31.7. The number of nitrogens with zero attached hydrogens (tertiary/aromatic N) is 1. The lowest BCUT2D eigenvalue weighted by atomic mass is 9.87. The zero-order valence-electron chi connectivity index (χ0n) is 12.3. The maximum Gasteiger partial charge on any atom is 0.0107 e. The van der Waals surface area contributed by atoms with E-state index in [1.165, 1.54) is 58.4 Å². The SMILES string of the molecule is CCNC(C)C1CCCC1CCN1CCNCC1. The largest absolute Gasteiger partial charge is 0.314 e. The van der Waals surface area contributed by atoms with Gasteiger partial charge in [-0.3, -0.25) is 0 Å². The highest BCUT2D eigenvalue weighted by atomic mass is 15.2. The molecule has 106 valence electrons. The monoisotopic (exact) mass is 253 g/mol. The Hall–Kier alpha value is -0.120. The van der Waals surface area contributed by atoms with Crippen LogP contribution in [0.2, 0.25) is 0 Å². The van der Waals surface area contributed by atoms with E-state index in [4.69, 9.17) is 0 Å². The van der Waals surface area contributed by atoms with E-state index in [0.29, 0.717) is 6.04 Å². The molecular weight excluding hydrogens is 222 g/mol. The highest BCUT2D eigenvalue weighted by Gasteiger charge is 2.31. The van der Waals surface area contributed by atoms with Gasteiger partial charge in [-0.25, -0.2) is 0 Å². The van der Waals surface area contributed by atoms with Crippen LogP contribution in [0, 0.1) is 11.8 Å². The first-order valence-corrected chi connectivity index (χ1v) is 7.97. The standard InChI is InChI=1S/C15H31N3/c1-3-17-13(2)15-6-4-5-14(15)7-10-18-11-8-16-9-12-18/h13-17H,3-12H2,1-2H3. The van der Waals surface area contributed by atoms with Crippen molar-refractivity contribution in [3.63, 3.8) is 0 Å². The van der Waals surface area contributed by atoms with Crippen LogP contribution in [0.1, 0.15) is 39.5 Å². The fourth-order valence-electron chi connectivity index (χ4n) is 3.84. The van der Waals surface area contributed by atoms with Gasteiger partial charge in [0.25, 0.3) is 0 Å². The molecule has 0 aromatic heterocycles. The van der Waals surface area contributed by atoms with E-state index in [-0.39, 0.29) is 0 Å². The predicted octanol–water partition coefficient (Wildman–Crippen LogP) is 1.70. The van der Waals surface area contributed by atoms with Gasteiger partial charge in [-0.1, -0.05) is 19.8 Å². The van der Waals surface area contributed by atoms with Gasteiger partial charge in [0.15, 0.2) is 0 Å². The molecular formula is C15H31N3. The average molecular weight is 253 g/mol. The summed E-state index contributed by atoms with van der Waals surface area (Å²) in [5.74, 6) is 1.89. The molecule has 1 aliphatic carbocycles. The third kappa shape index (κ3) is 3.94. The summed E-state index contributed by atoms with van der Waals surface area (Å²) in [6, 6.07) is 0.713. The van der Waals surface area contributed by atoms with E-state index in [1.807, 2.05) is 0 Å². The van der Waals surface area contributed by atoms with Gasteiger partial charge in [0.1, 0.15) is 0 Å². The summed E-state index contributed by atoms with van der Waals surface area (Å²) in [6.07, 6.45) is 5.78. The Morgan fingerprint density at radius 3 is 2.78 bits per heavy atom. The number of rotatable bonds is 6. The molecule has 0 spiro atoms. The van der Waals surface area contributed by atoms with E-state index < -0.39 is 0 Å². The molecule has 1 saturated heterocycles. The Kier molecular flexibility index (Phi) is 5.93. The number of hydrogen-bond acceptors (Lipinski definition) is 3. The molecule has 1 aliphatic heterocycles. The van der Waals surface area contributed by atoms with Gasteiger partial charge in [-0.05, 0) is 44.7 Å². The van der Waals surface area contributed by atoms with Crippen LogP contribution in [0.25, 0.3) is 0 Å². The van der Waals surface area contributed by atoms with Crippen LogP contribution in [0.5, 0.6) is 0 Å². The lowest BCUT2D eigenvalue weighted by Gasteiger charge is -2.31. The Morgan fingerprint density at radius 2 is 2.06 bits per heavy atom. The number of piperazine rings is 1. The molecule has 0 aromatic rings. The molecule has 0 bridgehead atoms. The van der Waals surface area contributed by atoms with Crippen LogP contribution >= 0.6 is 0 Å². The first-order chi connectivity index (χ1) is 8.81. The summed E-state index contributed by atoms with van der Waals surface area (Å²) < 4.78 is 0. The lowest BCUT2D eigenvalue weighted by Crippen LogP contribution is -2.44.